The highest BCUT2D eigenvalue weighted by atomic mass is 79.9. The molecule has 1 aromatic carbocycles. The van der Waals surface area contributed by atoms with E-state index in [0.717, 1.165) is 17.3 Å². The Morgan fingerprint density at radius 3 is 2.82 bits per heavy atom. The van der Waals surface area contributed by atoms with E-state index in [4.69, 9.17) is 0 Å². The summed E-state index contributed by atoms with van der Waals surface area (Å²) in [4.78, 5) is 11.8. The molecule has 1 aliphatic carbocycles. The van der Waals surface area contributed by atoms with E-state index < -0.39 is 0 Å². The van der Waals surface area contributed by atoms with Crippen LogP contribution >= 0.6 is 15.9 Å². The van der Waals surface area contributed by atoms with E-state index in [0.29, 0.717) is 11.6 Å². The number of hydrogen-bond acceptors (Lipinski definition) is 1. The smallest absolute Gasteiger partial charge is 0.224 e. The van der Waals surface area contributed by atoms with Crippen molar-refractivity contribution in [2.75, 3.05) is 0 Å². The minimum atomic E-state index is -0.308. The fourth-order valence-electron chi connectivity index (χ4n) is 2.20. The van der Waals surface area contributed by atoms with Crippen LogP contribution in [0.1, 0.15) is 31.2 Å². The molecule has 0 atom stereocenters. The highest BCUT2D eigenvalue weighted by Gasteiger charge is 2.17. The first-order valence-corrected chi connectivity index (χ1v) is 6.68. The van der Waals surface area contributed by atoms with Crippen LogP contribution in [-0.4, -0.2) is 11.9 Å². The van der Waals surface area contributed by atoms with Crippen LogP contribution < -0.4 is 5.32 Å². The van der Waals surface area contributed by atoms with Gasteiger partial charge in [-0.3, -0.25) is 4.79 Å². The summed E-state index contributed by atoms with van der Waals surface area (Å²) in [5.41, 5.74) is 0.695. The first kappa shape index (κ1) is 12.6. The summed E-state index contributed by atoms with van der Waals surface area (Å²) >= 11 is 3.32. The maximum absolute atomic E-state index is 13.0. The molecule has 0 bridgehead atoms. The zero-order valence-corrected chi connectivity index (χ0v) is 11.1. The zero-order chi connectivity index (χ0) is 12.3. The molecule has 0 spiro atoms. The molecule has 0 unspecified atom stereocenters. The Bertz CT molecular complexity index is 416. The van der Waals surface area contributed by atoms with Gasteiger partial charge in [0.25, 0.3) is 0 Å². The number of benzene rings is 1. The van der Waals surface area contributed by atoms with Gasteiger partial charge in [0.15, 0.2) is 0 Å². The average molecular weight is 300 g/mol. The lowest BCUT2D eigenvalue weighted by Crippen LogP contribution is -2.33. The van der Waals surface area contributed by atoms with Crippen LogP contribution in [-0.2, 0) is 11.2 Å². The third kappa shape index (κ3) is 3.53. The number of carbonyl (C=O) groups is 1. The van der Waals surface area contributed by atoms with Crippen molar-refractivity contribution in [2.45, 2.75) is 38.1 Å². The van der Waals surface area contributed by atoms with E-state index in [-0.39, 0.29) is 18.1 Å². The third-order valence-corrected chi connectivity index (χ3v) is 3.85. The zero-order valence-electron chi connectivity index (χ0n) is 9.51. The Kier molecular flexibility index (Phi) is 4.15. The van der Waals surface area contributed by atoms with Gasteiger partial charge >= 0.3 is 0 Å². The van der Waals surface area contributed by atoms with E-state index in [1.807, 2.05) is 0 Å². The minimum absolute atomic E-state index is 0.0248. The lowest BCUT2D eigenvalue weighted by atomic mass is 10.1. The molecular weight excluding hydrogens is 285 g/mol. The summed E-state index contributed by atoms with van der Waals surface area (Å²) in [6.07, 6.45) is 4.74. The molecule has 2 nitrogen and oxygen atoms in total. The lowest BCUT2D eigenvalue weighted by molar-refractivity contribution is -0.121. The van der Waals surface area contributed by atoms with Crippen molar-refractivity contribution in [1.82, 2.24) is 5.32 Å². The minimum Gasteiger partial charge on any atom is -0.353 e. The second-order valence-corrected chi connectivity index (χ2v) is 5.32. The van der Waals surface area contributed by atoms with E-state index in [1.54, 1.807) is 6.07 Å². The van der Waals surface area contributed by atoms with Crippen molar-refractivity contribution < 1.29 is 9.18 Å². The molecule has 0 aromatic heterocycles. The predicted octanol–water partition coefficient (Wildman–Crippen LogP) is 3.19. The fraction of sp³-hybridized carbons (Fsp3) is 0.462. The third-order valence-electron chi connectivity index (χ3n) is 3.08. The first-order valence-electron chi connectivity index (χ1n) is 5.88. The molecule has 0 saturated heterocycles. The number of carbonyl (C=O) groups excluding carboxylic acids is 1. The number of halogens is 2. The molecule has 92 valence electrons. The van der Waals surface area contributed by atoms with Crippen molar-refractivity contribution in [3.8, 4) is 0 Å². The molecule has 1 saturated carbocycles. The molecular formula is C13H15BrFNO. The van der Waals surface area contributed by atoms with Gasteiger partial charge in [-0.05, 0) is 36.6 Å². The van der Waals surface area contributed by atoms with Gasteiger partial charge < -0.3 is 5.32 Å². The van der Waals surface area contributed by atoms with Gasteiger partial charge in [-0.1, -0.05) is 28.8 Å². The molecule has 4 heteroatoms. The van der Waals surface area contributed by atoms with Gasteiger partial charge in [0.05, 0.1) is 6.42 Å². The van der Waals surface area contributed by atoms with Gasteiger partial charge in [0.1, 0.15) is 5.82 Å². The van der Waals surface area contributed by atoms with E-state index in [2.05, 4.69) is 21.2 Å². The van der Waals surface area contributed by atoms with Crippen molar-refractivity contribution in [3.63, 3.8) is 0 Å². The summed E-state index contributed by atoms with van der Waals surface area (Å²) in [7, 11) is 0. The van der Waals surface area contributed by atoms with Crippen LogP contribution in [0.15, 0.2) is 22.7 Å². The second kappa shape index (κ2) is 5.63. The topological polar surface area (TPSA) is 29.1 Å². The lowest BCUT2D eigenvalue weighted by Gasteiger charge is -2.12. The molecule has 0 aliphatic heterocycles. The van der Waals surface area contributed by atoms with Gasteiger partial charge in [0.2, 0.25) is 5.91 Å². The Balaban J connectivity index is 1.95. The van der Waals surface area contributed by atoms with Crippen LogP contribution in [0.25, 0.3) is 0 Å². The Labute approximate surface area is 109 Å². The van der Waals surface area contributed by atoms with Crippen LogP contribution in [0.3, 0.4) is 0 Å². The summed E-state index contributed by atoms with van der Waals surface area (Å²) in [6, 6.07) is 4.73. The molecule has 1 aromatic rings. The van der Waals surface area contributed by atoms with Crippen molar-refractivity contribution in [1.29, 1.82) is 0 Å². The largest absolute Gasteiger partial charge is 0.353 e. The first-order chi connectivity index (χ1) is 8.15. The highest BCUT2D eigenvalue weighted by molar-refractivity contribution is 9.10. The predicted molar refractivity (Wildman–Crippen MR) is 68.2 cm³/mol. The van der Waals surface area contributed by atoms with Crippen LogP contribution in [0.2, 0.25) is 0 Å². The summed E-state index contributed by atoms with van der Waals surface area (Å²) in [6.45, 7) is 0. The molecule has 2 rings (SSSR count). The van der Waals surface area contributed by atoms with Gasteiger partial charge in [0, 0.05) is 10.5 Å². The number of amides is 1. The van der Waals surface area contributed by atoms with Crippen molar-refractivity contribution in [2.24, 2.45) is 0 Å². The van der Waals surface area contributed by atoms with Crippen LogP contribution in [0.5, 0.6) is 0 Å². The molecule has 0 heterocycles. The monoisotopic (exact) mass is 299 g/mol. The normalized spacial score (nSPS) is 16.1. The van der Waals surface area contributed by atoms with Gasteiger partial charge in [-0.15, -0.1) is 0 Å². The molecule has 17 heavy (non-hydrogen) atoms. The Morgan fingerprint density at radius 1 is 1.41 bits per heavy atom. The van der Waals surface area contributed by atoms with Gasteiger partial charge in [-0.25, -0.2) is 4.39 Å². The standard InChI is InChI=1S/C13H15BrFNO/c14-12-6-5-10(15)7-9(12)8-13(17)16-11-3-1-2-4-11/h5-7,11H,1-4,8H2,(H,16,17). The second-order valence-electron chi connectivity index (χ2n) is 4.46. The van der Waals surface area contributed by atoms with Crippen LogP contribution in [0, 0.1) is 5.82 Å². The summed E-state index contributed by atoms with van der Waals surface area (Å²) in [5.74, 6) is -0.333. The number of rotatable bonds is 3. The number of hydrogen-bond donors (Lipinski definition) is 1. The molecule has 1 fully saturated rings. The quantitative estimate of drug-likeness (QED) is 0.912. The highest BCUT2D eigenvalue weighted by Crippen LogP contribution is 2.20. The maximum Gasteiger partial charge on any atom is 0.224 e. The SMILES string of the molecule is O=C(Cc1cc(F)ccc1Br)NC1CCCC1. The molecule has 1 amide bonds. The average Bonchev–Trinajstić information content (AvgIpc) is 2.76. The molecule has 1 N–H and O–H groups in total. The van der Waals surface area contributed by atoms with Crippen LogP contribution in [0.4, 0.5) is 4.39 Å². The Morgan fingerprint density at radius 2 is 2.12 bits per heavy atom. The van der Waals surface area contributed by atoms with Crippen molar-refractivity contribution in [3.05, 3.63) is 34.1 Å². The number of nitrogens with one attached hydrogen (secondary N) is 1. The summed E-state index contributed by atoms with van der Waals surface area (Å²) in [5, 5.41) is 2.99. The Hall–Kier alpha value is -0.900. The fourth-order valence-corrected chi connectivity index (χ4v) is 2.59. The molecule has 0 radical (unpaired) electrons. The van der Waals surface area contributed by atoms with Crippen molar-refractivity contribution >= 4 is 21.8 Å². The van der Waals surface area contributed by atoms with E-state index in [1.165, 1.54) is 25.0 Å². The van der Waals surface area contributed by atoms with Gasteiger partial charge in [-0.2, -0.15) is 0 Å². The van der Waals surface area contributed by atoms with E-state index in [9.17, 15) is 9.18 Å². The maximum atomic E-state index is 13.0. The molecule has 1 aliphatic rings. The summed E-state index contributed by atoms with van der Waals surface area (Å²) < 4.78 is 13.8. The van der Waals surface area contributed by atoms with E-state index >= 15 is 0 Å².